The fraction of sp³-hybridized carbons (Fsp3) is 0.105. The molecule has 136 valence electrons. The molecule has 2 aromatic carbocycles. The average Bonchev–Trinajstić information content (AvgIpc) is 2.96. The monoisotopic (exact) mass is 384 g/mol. The Morgan fingerprint density at radius 3 is 2.89 bits per heavy atom. The molecule has 2 aromatic heterocycles. The average molecular weight is 385 g/mol. The van der Waals surface area contributed by atoms with Crippen molar-refractivity contribution in [3.8, 4) is 0 Å². The van der Waals surface area contributed by atoms with E-state index in [0.29, 0.717) is 17.4 Å². The summed E-state index contributed by atoms with van der Waals surface area (Å²) < 4.78 is 14.8. The lowest BCUT2D eigenvalue weighted by Crippen LogP contribution is -2.30. The minimum absolute atomic E-state index is 0.00476. The largest absolute Gasteiger partial charge is 0.350 e. The van der Waals surface area contributed by atoms with Gasteiger partial charge in [0.15, 0.2) is 0 Å². The predicted octanol–water partition coefficient (Wildman–Crippen LogP) is 3.10. The third-order valence-corrected chi connectivity index (χ3v) is 4.57. The highest BCUT2D eigenvalue weighted by molar-refractivity contribution is 6.33. The number of carbonyl (C=O) groups is 1. The van der Waals surface area contributed by atoms with Gasteiger partial charge < -0.3 is 10.3 Å². The molecule has 4 rings (SSSR count). The Hall–Kier alpha value is -3.19. The number of aromatic amines is 1. The van der Waals surface area contributed by atoms with Crippen molar-refractivity contribution in [2.45, 2.75) is 6.54 Å². The lowest BCUT2D eigenvalue weighted by molar-refractivity contribution is 0.0952. The zero-order chi connectivity index (χ0) is 19.0. The molecule has 0 bridgehead atoms. The number of nitrogens with zero attached hydrogens (tertiary/aromatic N) is 2. The molecule has 0 atom stereocenters. The Labute approximate surface area is 157 Å². The molecule has 2 N–H and O–H groups in total. The normalized spacial score (nSPS) is 11.2. The lowest BCUT2D eigenvalue weighted by Gasteiger charge is -2.08. The molecule has 0 saturated heterocycles. The van der Waals surface area contributed by atoms with Crippen LogP contribution >= 0.6 is 11.6 Å². The first-order valence-electron chi connectivity index (χ1n) is 8.24. The van der Waals surface area contributed by atoms with Crippen molar-refractivity contribution in [3.05, 3.63) is 75.5 Å². The number of halogens is 2. The Morgan fingerprint density at radius 1 is 1.22 bits per heavy atom. The van der Waals surface area contributed by atoms with Crippen LogP contribution in [0.5, 0.6) is 0 Å². The molecular formula is C19H14ClFN4O2. The van der Waals surface area contributed by atoms with Crippen molar-refractivity contribution in [2.24, 2.45) is 0 Å². The highest BCUT2D eigenvalue weighted by atomic mass is 35.5. The Morgan fingerprint density at radius 2 is 2.04 bits per heavy atom. The Bertz CT molecular complexity index is 1230. The van der Waals surface area contributed by atoms with Crippen LogP contribution in [-0.2, 0) is 6.54 Å². The summed E-state index contributed by atoms with van der Waals surface area (Å²) in [7, 11) is 0. The number of aromatic nitrogens is 3. The molecule has 2 heterocycles. The number of benzene rings is 2. The van der Waals surface area contributed by atoms with Crippen LogP contribution in [-0.4, -0.2) is 27.0 Å². The van der Waals surface area contributed by atoms with Gasteiger partial charge >= 0.3 is 5.69 Å². The van der Waals surface area contributed by atoms with Crippen LogP contribution in [0.4, 0.5) is 4.39 Å². The van der Waals surface area contributed by atoms with E-state index in [-0.39, 0.29) is 23.0 Å². The number of fused-ring (bicyclic) bond motifs is 2. The first-order chi connectivity index (χ1) is 13.0. The van der Waals surface area contributed by atoms with E-state index >= 15 is 0 Å². The smallest absolute Gasteiger partial charge is 0.326 e. The molecule has 27 heavy (non-hydrogen) atoms. The van der Waals surface area contributed by atoms with Gasteiger partial charge in [0.05, 0.1) is 22.1 Å². The van der Waals surface area contributed by atoms with Gasteiger partial charge in [-0.3, -0.25) is 9.36 Å². The SMILES string of the molecule is O=C(NCCn1c(=O)[nH]c2ccccc21)c1cc2ccc(F)cc2nc1Cl. The van der Waals surface area contributed by atoms with Crippen molar-refractivity contribution in [3.63, 3.8) is 0 Å². The van der Waals surface area contributed by atoms with Crippen molar-refractivity contribution < 1.29 is 9.18 Å². The van der Waals surface area contributed by atoms with Gasteiger partial charge in [0.25, 0.3) is 5.91 Å². The molecule has 0 saturated carbocycles. The van der Waals surface area contributed by atoms with Gasteiger partial charge in [-0.05, 0) is 30.3 Å². The quantitative estimate of drug-likeness (QED) is 0.530. The van der Waals surface area contributed by atoms with Crippen LogP contribution < -0.4 is 11.0 Å². The fourth-order valence-corrected chi connectivity index (χ4v) is 3.21. The predicted molar refractivity (Wildman–Crippen MR) is 102 cm³/mol. The summed E-state index contributed by atoms with van der Waals surface area (Å²) in [5.74, 6) is -0.834. The second-order valence-corrected chi connectivity index (χ2v) is 6.38. The standard InChI is InChI=1S/C19H14ClFN4O2/c20-17-13(9-11-5-6-12(21)10-15(11)23-17)18(26)22-7-8-25-16-4-2-1-3-14(16)24-19(25)27/h1-6,9-10H,7-8H2,(H,22,26)(H,24,27). The van der Waals surface area contributed by atoms with E-state index in [1.807, 2.05) is 24.3 Å². The van der Waals surface area contributed by atoms with Crippen LogP contribution in [0, 0.1) is 5.82 Å². The number of H-pyrrole nitrogens is 1. The Kier molecular flexibility index (Phi) is 4.37. The van der Waals surface area contributed by atoms with Gasteiger partial charge in [0, 0.05) is 24.5 Å². The summed E-state index contributed by atoms with van der Waals surface area (Å²) in [5, 5.41) is 3.34. The van der Waals surface area contributed by atoms with Gasteiger partial charge in [0.2, 0.25) is 0 Å². The maximum absolute atomic E-state index is 13.3. The van der Waals surface area contributed by atoms with Crippen LogP contribution in [0.3, 0.4) is 0 Å². The summed E-state index contributed by atoms with van der Waals surface area (Å²) in [6.45, 7) is 0.538. The van der Waals surface area contributed by atoms with E-state index in [1.54, 1.807) is 10.6 Å². The molecule has 1 amide bonds. The van der Waals surface area contributed by atoms with Crippen LogP contribution in [0.25, 0.3) is 21.9 Å². The summed E-state index contributed by atoms with van der Waals surface area (Å²) >= 11 is 6.08. The first-order valence-corrected chi connectivity index (χ1v) is 8.62. The summed E-state index contributed by atoms with van der Waals surface area (Å²) in [6.07, 6.45) is 0. The Balaban J connectivity index is 1.52. The summed E-state index contributed by atoms with van der Waals surface area (Å²) in [4.78, 5) is 31.3. The molecular weight excluding hydrogens is 371 g/mol. The van der Waals surface area contributed by atoms with Crippen molar-refractivity contribution in [1.29, 1.82) is 0 Å². The van der Waals surface area contributed by atoms with Gasteiger partial charge in [-0.15, -0.1) is 0 Å². The highest BCUT2D eigenvalue weighted by Crippen LogP contribution is 2.21. The van der Waals surface area contributed by atoms with Crippen LogP contribution in [0.2, 0.25) is 5.15 Å². The van der Waals surface area contributed by atoms with E-state index in [4.69, 9.17) is 11.6 Å². The van der Waals surface area contributed by atoms with Crippen molar-refractivity contribution >= 4 is 39.4 Å². The number of pyridine rings is 1. The summed E-state index contributed by atoms with van der Waals surface area (Å²) in [5.41, 5.74) is 1.84. The van der Waals surface area contributed by atoms with Gasteiger partial charge in [-0.1, -0.05) is 23.7 Å². The molecule has 0 fully saturated rings. The van der Waals surface area contributed by atoms with Crippen molar-refractivity contribution in [1.82, 2.24) is 19.9 Å². The van der Waals surface area contributed by atoms with Crippen LogP contribution in [0.15, 0.2) is 53.3 Å². The van der Waals surface area contributed by atoms with Gasteiger partial charge in [-0.2, -0.15) is 0 Å². The molecule has 0 aliphatic heterocycles. The maximum Gasteiger partial charge on any atom is 0.326 e. The summed E-state index contributed by atoms with van der Waals surface area (Å²) in [6, 6.07) is 13.0. The highest BCUT2D eigenvalue weighted by Gasteiger charge is 2.14. The van der Waals surface area contributed by atoms with E-state index in [0.717, 1.165) is 11.0 Å². The molecule has 0 aliphatic rings. The number of nitrogens with one attached hydrogen (secondary N) is 2. The molecule has 0 spiro atoms. The van der Waals surface area contributed by atoms with E-state index in [2.05, 4.69) is 15.3 Å². The minimum Gasteiger partial charge on any atom is -0.350 e. The number of hydrogen-bond acceptors (Lipinski definition) is 3. The molecule has 4 aromatic rings. The number of imidazole rings is 1. The van der Waals surface area contributed by atoms with E-state index in [1.165, 1.54) is 18.2 Å². The van der Waals surface area contributed by atoms with Gasteiger partial charge in [-0.25, -0.2) is 14.2 Å². The van der Waals surface area contributed by atoms with Crippen LogP contribution in [0.1, 0.15) is 10.4 Å². The first kappa shape index (κ1) is 17.2. The fourth-order valence-electron chi connectivity index (χ4n) is 2.98. The van der Waals surface area contributed by atoms with E-state index < -0.39 is 11.7 Å². The number of rotatable bonds is 4. The minimum atomic E-state index is -0.424. The van der Waals surface area contributed by atoms with Gasteiger partial charge in [0.1, 0.15) is 11.0 Å². The number of amides is 1. The zero-order valence-electron chi connectivity index (χ0n) is 14.0. The molecule has 8 heteroatoms. The second-order valence-electron chi connectivity index (χ2n) is 6.02. The van der Waals surface area contributed by atoms with Crippen molar-refractivity contribution in [2.75, 3.05) is 6.54 Å². The maximum atomic E-state index is 13.3. The zero-order valence-corrected chi connectivity index (χ0v) is 14.8. The van der Waals surface area contributed by atoms with E-state index in [9.17, 15) is 14.0 Å². The molecule has 0 aliphatic carbocycles. The third kappa shape index (κ3) is 3.29. The molecule has 0 unspecified atom stereocenters. The number of carbonyl (C=O) groups excluding carboxylic acids is 1. The number of hydrogen-bond donors (Lipinski definition) is 2. The third-order valence-electron chi connectivity index (χ3n) is 4.28. The number of para-hydroxylation sites is 2. The second kappa shape index (κ2) is 6.85. The lowest BCUT2D eigenvalue weighted by atomic mass is 10.1. The topological polar surface area (TPSA) is 79.8 Å². The molecule has 0 radical (unpaired) electrons. The molecule has 6 nitrogen and oxygen atoms in total.